The van der Waals surface area contributed by atoms with Gasteiger partial charge in [-0.05, 0) is 101 Å². The molecular weight excluding hydrogens is 271 g/mol. The van der Waals surface area contributed by atoms with Crippen molar-refractivity contribution in [3.63, 3.8) is 0 Å². The van der Waals surface area contributed by atoms with E-state index in [0.29, 0.717) is 0 Å². The molecule has 0 aromatic carbocycles. The van der Waals surface area contributed by atoms with E-state index in [4.69, 9.17) is 0 Å². The first-order chi connectivity index (χ1) is 10.7. The average molecular weight is 307 g/mol. The van der Waals surface area contributed by atoms with Gasteiger partial charge in [0.25, 0.3) is 0 Å². The maximum atomic E-state index is 13.3. The molecule has 3 aliphatic carbocycles. The van der Waals surface area contributed by atoms with Crippen molar-refractivity contribution in [3.05, 3.63) is 11.6 Å². The van der Waals surface area contributed by atoms with Crippen molar-refractivity contribution in [1.82, 2.24) is 0 Å². The summed E-state index contributed by atoms with van der Waals surface area (Å²) in [4.78, 5) is 0. The molecule has 2 saturated carbocycles. The summed E-state index contributed by atoms with van der Waals surface area (Å²) in [6.07, 6.45) is 18.9. The second-order valence-electron chi connectivity index (χ2n) is 8.54. The summed E-state index contributed by atoms with van der Waals surface area (Å²) < 4.78 is 13.3. The molecule has 1 heteroatoms. The van der Waals surface area contributed by atoms with Gasteiger partial charge in [0.05, 0.1) is 0 Å². The fraction of sp³-hybridized carbons (Fsp3) is 0.905. The molecule has 0 radical (unpaired) electrons. The summed E-state index contributed by atoms with van der Waals surface area (Å²) in [5.41, 5.74) is 1.63. The van der Waals surface area contributed by atoms with Crippen LogP contribution in [-0.2, 0) is 0 Å². The second-order valence-corrected chi connectivity index (χ2v) is 8.54. The summed E-state index contributed by atoms with van der Waals surface area (Å²) in [7, 11) is 0. The van der Waals surface area contributed by atoms with Crippen LogP contribution in [0.3, 0.4) is 0 Å². The molecule has 22 heavy (non-hydrogen) atoms. The van der Waals surface area contributed by atoms with E-state index < -0.39 is 6.17 Å². The Morgan fingerprint density at radius 3 is 2.14 bits per heavy atom. The summed E-state index contributed by atoms with van der Waals surface area (Å²) in [6.45, 7) is 2.31. The third-order valence-corrected chi connectivity index (χ3v) is 6.87. The standard InChI is InChI=1S/C21H35F/c1-16-3-2-4-18(15-16)6-5-17-7-9-19(10-8-17)20-11-13-21(22)14-12-20/h15,17-21H,2-14H2,1H3. The van der Waals surface area contributed by atoms with E-state index in [9.17, 15) is 4.39 Å². The lowest BCUT2D eigenvalue weighted by Gasteiger charge is -2.37. The van der Waals surface area contributed by atoms with Crippen LogP contribution >= 0.6 is 0 Å². The van der Waals surface area contributed by atoms with Gasteiger partial charge in [0.1, 0.15) is 6.17 Å². The summed E-state index contributed by atoms with van der Waals surface area (Å²) >= 11 is 0. The van der Waals surface area contributed by atoms with Gasteiger partial charge in [0.2, 0.25) is 0 Å². The average Bonchev–Trinajstić information content (AvgIpc) is 2.54. The van der Waals surface area contributed by atoms with Gasteiger partial charge in [-0.25, -0.2) is 4.39 Å². The van der Waals surface area contributed by atoms with Gasteiger partial charge in [-0.3, -0.25) is 0 Å². The van der Waals surface area contributed by atoms with Gasteiger partial charge < -0.3 is 0 Å². The van der Waals surface area contributed by atoms with Crippen molar-refractivity contribution < 1.29 is 4.39 Å². The molecular formula is C21H35F. The van der Waals surface area contributed by atoms with Crippen LogP contribution in [0, 0.1) is 23.7 Å². The first kappa shape index (κ1) is 16.5. The second kappa shape index (κ2) is 7.97. The molecule has 3 aliphatic rings. The highest BCUT2D eigenvalue weighted by Gasteiger charge is 2.30. The van der Waals surface area contributed by atoms with Crippen molar-refractivity contribution >= 4 is 0 Å². The minimum Gasteiger partial charge on any atom is -0.247 e. The fourth-order valence-electron chi connectivity index (χ4n) is 5.39. The molecule has 0 spiro atoms. The molecule has 0 bridgehead atoms. The third-order valence-electron chi connectivity index (χ3n) is 6.87. The number of hydrogen-bond donors (Lipinski definition) is 0. The van der Waals surface area contributed by atoms with Crippen molar-refractivity contribution in [2.75, 3.05) is 0 Å². The molecule has 2 fully saturated rings. The lowest BCUT2D eigenvalue weighted by Crippen LogP contribution is -2.26. The Balaban J connectivity index is 1.36. The Morgan fingerprint density at radius 1 is 0.864 bits per heavy atom. The van der Waals surface area contributed by atoms with Crippen molar-refractivity contribution in [2.45, 2.75) is 96.6 Å². The minimum absolute atomic E-state index is 0.486. The Morgan fingerprint density at radius 2 is 1.50 bits per heavy atom. The molecule has 0 amide bonds. The van der Waals surface area contributed by atoms with Crippen LogP contribution in [0.15, 0.2) is 11.6 Å². The molecule has 1 atom stereocenters. The van der Waals surface area contributed by atoms with Crippen LogP contribution in [0.4, 0.5) is 4.39 Å². The van der Waals surface area contributed by atoms with Gasteiger partial charge >= 0.3 is 0 Å². The van der Waals surface area contributed by atoms with E-state index >= 15 is 0 Å². The molecule has 1 unspecified atom stereocenters. The molecule has 0 nitrogen and oxygen atoms in total. The van der Waals surface area contributed by atoms with Gasteiger partial charge in [0, 0.05) is 0 Å². The largest absolute Gasteiger partial charge is 0.247 e. The molecule has 0 N–H and O–H groups in total. The van der Waals surface area contributed by atoms with E-state index in [1.807, 2.05) is 0 Å². The van der Waals surface area contributed by atoms with Crippen molar-refractivity contribution in [3.8, 4) is 0 Å². The molecule has 0 aromatic rings. The SMILES string of the molecule is CC1=CC(CCC2CCC(C3CCC(F)CC3)CC2)CCC1. The van der Waals surface area contributed by atoms with E-state index in [1.54, 1.807) is 5.57 Å². The van der Waals surface area contributed by atoms with Crippen LogP contribution < -0.4 is 0 Å². The lowest BCUT2D eigenvalue weighted by molar-refractivity contribution is 0.125. The molecule has 0 aliphatic heterocycles. The highest BCUT2D eigenvalue weighted by molar-refractivity contribution is 5.04. The van der Waals surface area contributed by atoms with Gasteiger partial charge in [0.15, 0.2) is 0 Å². The number of rotatable bonds is 4. The first-order valence-electron chi connectivity index (χ1n) is 10.0. The minimum atomic E-state index is -0.486. The smallest absolute Gasteiger partial charge is 0.100 e. The summed E-state index contributed by atoms with van der Waals surface area (Å²) in [6, 6.07) is 0. The highest BCUT2D eigenvalue weighted by Crippen LogP contribution is 2.42. The maximum Gasteiger partial charge on any atom is 0.100 e. The Labute approximate surface area is 136 Å². The van der Waals surface area contributed by atoms with Crippen LogP contribution in [0.5, 0.6) is 0 Å². The van der Waals surface area contributed by atoms with E-state index in [-0.39, 0.29) is 0 Å². The monoisotopic (exact) mass is 306 g/mol. The Bertz CT molecular complexity index is 356. The van der Waals surface area contributed by atoms with E-state index in [2.05, 4.69) is 13.0 Å². The van der Waals surface area contributed by atoms with Crippen LogP contribution in [0.1, 0.15) is 90.4 Å². The number of allylic oxidation sites excluding steroid dienone is 2. The molecule has 0 aromatic heterocycles. The van der Waals surface area contributed by atoms with Crippen LogP contribution in [0.25, 0.3) is 0 Å². The zero-order chi connectivity index (χ0) is 15.4. The van der Waals surface area contributed by atoms with E-state index in [0.717, 1.165) is 36.5 Å². The summed E-state index contributed by atoms with van der Waals surface area (Å²) in [5.74, 6) is 3.66. The predicted octanol–water partition coefficient (Wildman–Crippen LogP) is 6.85. The predicted molar refractivity (Wildman–Crippen MR) is 92.6 cm³/mol. The number of alkyl halides is 1. The van der Waals surface area contributed by atoms with Crippen molar-refractivity contribution in [1.29, 1.82) is 0 Å². The maximum absolute atomic E-state index is 13.3. The molecule has 3 rings (SSSR count). The van der Waals surface area contributed by atoms with Gasteiger partial charge in [-0.15, -0.1) is 0 Å². The Kier molecular flexibility index (Phi) is 5.99. The van der Waals surface area contributed by atoms with E-state index in [1.165, 1.54) is 70.6 Å². The molecule has 126 valence electrons. The number of hydrogen-bond acceptors (Lipinski definition) is 0. The summed E-state index contributed by atoms with van der Waals surface area (Å²) in [5, 5.41) is 0. The fourth-order valence-corrected chi connectivity index (χ4v) is 5.39. The van der Waals surface area contributed by atoms with Gasteiger partial charge in [-0.2, -0.15) is 0 Å². The lowest BCUT2D eigenvalue weighted by atomic mass is 9.70. The topological polar surface area (TPSA) is 0 Å². The van der Waals surface area contributed by atoms with Crippen molar-refractivity contribution in [2.24, 2.45) is 23.7 Å². The van der Waals surface area contributed by atoms with Crippen LogP contribution in [-0.4, -0.2) is 6.17 Å². The Hall–Kier alpha value is -0.330. The van der Waals surface area contributed by atoms with Gasteiger partial charge in [-0.1, -0.05) is 24.5 Å². The number of halogens is 1. The highest BCUT2D eigenvalue weighted by atomic mass is 19.1. The van der Waals surface area contributed by atoms with Crippen LogP contribution in [0.2, 0.25) is 0 Å². The zero-order valence-corrected chi connectivity index (χ0v) is 14.5. The quantitative estimate of drug-likeness (QED) is 0.498. The molecule has 0 saturated heterocycles. The zero-order valence-electron chi connectivity index (χ0n) is 14.5. The normalized spacial score (nSPS) is 40.3. The first-order valence-corrected chi connectivity index (χ1v) is 10.0. The molecule has 0 heterocycles. The third kappa shape index (κ3) is 4.59.